The lowest BCUT2D eigenvalue weighted by Crippen LogP contribution is -2.36. The second-order valence-electron chi connectivity index (χ2n) is 6.27. The van der Waals surface area contributed by atoms with E-state index in [0.717, 1.165) is 11.3 Å². The molecule has 0 bridgehead atoms. The van der Waals surface area contributed by atoms with Gasteiger partial charge in [-0.2, -0.15) is 0 Å². The predicted molar refractivity (Wildman–Crippen MR) is 102 cm³/mol. The van der Waals surface area contributed by atoms with Crippen LogP contribution in [-0.4, -0.2) is 42.6 Å². The van der Waals surface area contributed by atoms with Crippen LogP contribution in [0.25, 0.3) is 0 Å². The lowest BCUT2D eigenvalue weighted by molar-refractivity contribution is -0.119. The second-order valence-corrected chi connectivity index (χ2v) is 6.27. The second kappa shape index (κ2) is 8.92. The van der Waals surface area contributed by atoms with E-state index in [-0.39, 0.29) is 30.7 Å². The summed E-state index contributed by atoms with van der Waals surface area (Å²) in [6, 6.07) is 14.3. The third-order valence-electron chi connectivity index (χ3n) is 3.72. The molecule has 6 nitrogen and oxygen atoms in total. The zero-order valence-electron chi connectivity index (χ0n) is 15.2. The molecule has 0 aliphatic rings. The van der Waals surface area contributed by atoms with Crippen LogP contribution in [0.2, 0.25) is 0 Å². The lowest BCUT2D eigenvalue weighted by Gasteiger charge is -2.16. The zero-order chi connectivity index (χ0) is 19.1. The van der Waals surface area contributed by atoms with Crippen molar-refractivity contribution in [1.82, 2.24) is 4.90 Å². The maximum atomic E-state index is 12.1. The van der Waals surface area contributed by atoms with Crippen molar-refractivity contribution in [3.63, 3.8) is 0 Å². The van der Waals surface area contributed by atoms with E-state index >= 15 is 0 Å². The number of nitrogens with one attached hydrogen (secondary N) is 2. The number of hydrogen-bond acceptors (Lipinski definition) is 4. The van der Waals surface area contributed by atoms with Crippen LogP contribution in [-0.2, 0) is 9.59 Å². The van der Waals surface area contributed by atoms with E-state index in [1.165, 1.54) is 6.92 Å². The normalized spacial score (nSPS) is 10.5. The maximum Gasteiger partial charge on any atom is 0.238 e. The number of anilines is 2. The average molecular weight is 353 g/mol. The third-order valence-corrected chi connectivity index (χ3v) is 3.72. The first-order valence-electron chi connectivity index (χ1n) is 8.29. The molecule has 0 fully saturated rings. The minimum atomic E-state index is -0.253. The Morgan fingerprint density at radius 3 is 2.04 bits per heavy atom. The molecule has 0 saturated heterocycles. The van der Waals surface area contributed by atoms with Gasteiger partial charge >= 0.3 is 0 Å². The fourth-order valence-electron chi connectivity index (χ4n) is 2.40. The standard InChI is InChI=1S/C20H23N3O3/c1-14-7-9-17(10-8-14)21-19(25)12-23(3)13-20(26)22-18-6-4-5-16(11-18)15(2)24/h4-11H,12-13H2,1-3H3,(H,21,25)(H,22,26). The van der Waals surface area contributed by atoms with E-state index in [4.69, 9.17) is 0 Å². The van der Waals surface area contributed by atoms with Crippen molar-refractivity contribution in [3.8, 4) is 0 Å². The number of ketones is 1. The summed E-state index contributed by atoms with van der Waals surface area (Å²) in [5, 5.41) is 5.53. The van der Waals surface area contributed by atoms with E-state index in [0.29, 0.717) is 11.3 Å². The minimum Gasteiger partial charge on any atom is -0.325 e. The number of likely N-dealkylation sites (N-methyl/N-ethyl adjacent to an activating group) is 1. The average Bonchev–Trinajstić information content (AvgIpc) is 2.56. The zero-order valence-corrected chi connectivity index (χ0v) is 15.2. The lowest BCUT2D eigenvalue weighted by atomic mass is 10.1. The Morgan fingerprint density at radius 2 is 1.46 bits per heavy atom. The summed E-state index contributed by atoms with van der Waals surface area (Å²) in [6.45, 7) is 3.60. The molecule has 6 heteroatoms. The monoisotopic (exact) mass is 353 g/mol. The summed E-state index contributed by atoms with van der Waals surface area (Å²) in [6.07, 6.45) is 0. The number of hydrogen-bond donors (Lipinski definition) is 2. The van der Waals surface area contributed by atoms with Crippen LogP contribution >= 0.6 is 0 Å². The largest absolute Gasteiger partial charge is 0.325 e. The number of nitrogens with zero attached hydrogens (tertiary/aromatic N) is 1. The van der Waals surface area contributed by atoms with Gasteiger partial charge in [-0.1, -0.05) is 29.8 Å². The number of carbonyl (C=O) groups is 3. The van der Waals surface area contributed by atoms with Crippen LogP contribution in [0.5, 0.6) is 0 Å². The highest BCUT2D eigenvalue weighted by Gasteiger charge is 2.12. The number of Topliss-reactive ketones (excluding diaryl/α,β-unsaturated/α-hetero) is 1. The van der Waals surface area contributed by atoms with Crippen molar-refractivity contribution in [1.29, 1.82) is 0 Å². The Morgan fingerprint density at radius 1 is 0.885 bits per heavy atom. The molecule has 0 atom stereocenters. The Balaban J connectivity index is 1.82. The Bertz CT molecular complexity index is 800. The molecule has 0 heterocycles. The maximum absolute atomic E-state index is 12.1. The Kier molecular flexibility index (Phi) is 6.63. The molecular formula is C20H23N3O3. The highest BCUT2D eigenvalue weighted by Crippen LogP contribution is 2.11. The van der Waals surface area contributed by atoms with Crippen LogP contribution in [0.4, 0.5) is 11.4 Å². The summed E-state index contributed by atoms with van der Waals surface area (Å²) in [5.41, 5.74) is 2.93. The molecule has 2 rings (SSSR count). The number of rotatable bonds is 7. The van der Waals surface area contributed by atoms with Crippen LogP contribution in [0.1, 0.15) is 22.8 Å². The quantitative estimate of drug-likeness (QED) is 0.750. The number of benzene rings is 2. The highest BCUT2D eigenvalue weighted by atomic mass is 16.2. The van der Waals surface area contributed by atoms with Gasteiger partial charge in [-0.15, -0.1) is 0 Å². The van der Waals surface area contributed by atoms with Gasteiger partial charge in [0.25, 0.3) is 0 Å². The molecule has 0 aliphatic heterocycles. The van der Waals surface area contributed by atoms with Gasteiger partial charge in [0.15, 0.2) is 5.78 Å². The highest BCUT2D eigenvalue weighted by molar-refractivity contribution is 5.98. The summed E-state index contributed by atoms with van der Waals surface area (Å²) in [5.74, 6) is -0.509. The summed E-state index contributed by atoms with van der Waals surface area (Å²) >= 11 is 0. The molecule has 0 radical (unpaired) electrons. The van der Waals surface area contributed by atoms with Crippen molar-refractivity contribution < 1.29 is 14.4 Å². The number of amides is 2. The Hall–Kier alpha value is -2.99. The fraction of sp³-hybridized carbons (Fsp3) is 0.250. The van der Waals surface area contributed by atoms with Gasteiger partial charge in [0, 0.05) is 16.9 Å². The molecular weight excluding hydrogens is 330 g/mol. The molecule has 2 N–H and O–H groups in total. The molecule has 136 valence electrons. The Labute approximate surface area is 153 Å². The molecule has 2 aromatic rings. The SMILES string of the molecule is CC(=O)c1cccc(NC(=O)CN(C)CC(=O)Nc2ccc(C)cc2)c1. The van der Waals surface area contributed by atoms with E-state index < -0.39 is 0 Å². The van der Waals surface area contributed by atoms with Crippen molar-refractivity contribution in [2.75, 3.05) is 30.8 Å². The van der Waals surface area contributed by atoms with E-state index in [1.54, 1.807) is 36.2 Å². The number of aryl methyl sites for hydroxylation is 1. The van der Waals surface area contributed by atoms with Gasteiger partial charge in [-0.3, -0.25) is 19.3 Å². The molecule has 2 amide bonds. The third kappa shape index (κ3) is 6.14. The van der Waals surface area contributed by atoms with E-state index in [9.17, 15) is 14.4 Å². The van der Waals surface area contributed by atoms with Crippen molar-refractivity contribution in [3.05, 3.63) is 59.7 Å². The fourth-order valence-corrected chi connectivity index (χ4v) is 2.40. The van der Waals surface area contributed by atoms with Crippen LogP contribution < -0.4 is 10.6 Å². The van der Waals surface area contributed by atoms with Gasteiger partial charge in [0.1, 0.15) is 0 Å². The molecule has 0 aromatic heterocycles. The molecule has 0 unspecified atom stereocenters. The first-order chi connectivity index (χ1) is 12.3. The van der Waals surface area contributed by atoms with Gasteiger partial charge in [0.05, 0.1) is 13.1 Å². The molecule has 26 heavy (non-hydrogen) atoms. The molecule has 0 aliphatic carbocycles. The van der Waals surface area contributed by atoms with Crippen LogP contribution in [0, 0.1) is 6.92 Å². The van der Waals surface area contributed by atoms with Crippen molar-refractivity contribution in [2.45, 2.75) is 13.8 Å². The van der Waals surface area contributed by atoms with Crippen LogP contribution in [0.3, 0.4) is 0 Å². The number of carbonyl (C=O) groups excluding carboxylic acids is 3. The summed E-state index contributed by atoms with van der Waals surface area (Å²) < 4.78 is 0. The summed E-state index contributed by atoms with van der Waals surface area (Å²) in [7, 11) is 1.69. The smallest absolute Gasteiger partial charge is 0.238 e. The molecule has 0 spiro atoms. The van der Waals surface area contributed by atoms with Gasteiger partial charge < -0.3 is 10.6 Å². The van der Waals surface area contributed by atoms with Gasteiger partial charge in [-0.05, 0) is 45.2 Å². The van der Waals surface area contributed by atoms with Crippen LogP contribution in [0.15, 0.2) is 48.5 Å². The molecule has 0 saturated carbocycles. The van der Waals surface area contributed by atoms with Gasteiger partial charge in [0.2, 0.25) is 11.8 Å². The topological polar surface area (TPSA) is 78.5 Å². The predicted octanol–water partition coefficient (Wildman–Crippen LogP) is 2.71. The van der Waals surface area contributed by atoms with E-state index in [2.05, 4.69) is 10.6 Å². The first-order valence-corrected chi connectivity index (χ1v) is 8.29. The first kappa shape index (κ1) is 19.3. The van der Waals surface area contributed by atoms with Crippen molar-refractivity contribution in [2.24, 2.45) is 0 Å². The van der Waals surface area contributed by atoms with E-state index in [1.807, 2.05) is 31.2 Å². The molecule has 2 aromatic carbocycles. The summed E-state index contributed by atoms with van der Waals surface area (Å²) in [4.78, 5) is 37.2. The van der Waals surface area contributed by atoms with Gasteiger partial charge in [-0.25, -0.2) is 0 Å². The minimum absolute atomic E-state index is 0.0611. The van der Waals surface area contributed by atoms with Crippen molar-refractivity contribution >= 4 is 29.0 Å².